The van der Waals surface area contributed by atoms with Crippen LogP contribution in [-0.4, -0.2) is 67.2 Å². The van der Waals surface area contributed by atoms with Gasteiger partial charge in [0.15, 0.2) is 5.67 Å². The van der Waals surface area contributed by atoms with E-state index in [9.17, 15) is 14.0 Å². The van der Waals surface area contributed by atoms with Crippen LogP contribution in [0.25, 0.3) is 0 Å². The topological polar surface area (TPSA) is 49.9 Å². The molecule has 5 nitrogen and oxygen atoms in total. The third kappa shape index (κ3) is 1.92. The molecule has 0 aromatic heterocycles. The van der Waals surface area contributed by atoms with Crippen LogP contribution in [0.1, 0.15) is 25.7 Å². The molecule has 2 aliphatic heterocycles. The van der Waals surface area contributed by atoms with E-state index >= 15 is 0 Å². The first kappa shape index (κ1) is 13.8. The molecule has 1 saturated carbocycles. The van der Waals surface area contributed by atoms with Gasteiger partial charge < -0.3 is 14.5 Å². The molecular formula is C14H21FN2O3. The molecule has 2 heterocycles. The fourth-order valence-electron chi connectivity index (χ4n) is 3.47. The van der Waals surface area contributed by atoms with Gasteiger partial charge in [-0.25, -0.2) is 4.39 Å². The highest BCUT2D eigenvalue weighted by molar-refractivity contribution is 5.90. The number of likely N-dealkylation sites (tertiary alicyclic amines) is 1. The van der Waals surface area contributed by atoms with Crippen LogP contribution < -0.4 is 0 Å². The number of amides is 2. The number of nitrogens with zero attached hydrogens (tertiary/aromatic N) is 2. The van der Waals surface area contributed by atoms with E-state index in [1.165, 1.54) is 0 Å². The van der Waals surface area contributed by atoms with Gasteiger partial charge in [-0.1, -0.05) is 0 Å². The van der Waals surface area contributed by atoms with Gasteiger partial charge in [0.2, 0.25) is 5.91 Å². The van der Waals surface area contributed by atoms with Gasteiger partial charge in [0, 0.05) is 33.8 Å². The van der Waals surface area contributed by atoms with Crippen LogP contribution in [0.2, 0.25) is 0 Å². The summed E-state index contributed by atoms with van der Waals surface area (Å²) in [7, 11) is 3.43. The van der Waals surface area contributed by atoms with Crippen molar-refractivity contribution < 1.29 is 18.7 Å². The molecule has 0 radical (unpaired) electrons. The number of ether oxygens (including phenoxy) is 1. The summed E-state index contributed by atoms with van der Waals surface area (Å²) in [5, 5.41) is 0. The van der Waals surface area contributed by atoms with Crippen molar-refractivity contribution in [3.8, 4) is 0 Å². The molecular weight excluding hydrogens is 263 g/mol. The minimum atomic E-state index is -1.66. The van der Waals surface area contributed by atoms with Gasteiger partial charge in [-0.15, -0.1) is 0 Å². The first-order chi connectivity index (χ1) is 9.39. The molecule has 0 bridgehead atoms. The largest absolute Gasteiger partial charge is 0.377 e. The number of alkyl halides is 1. The Kier molecular flexibility index (Phi) is 3.04. The van der Waals surface area contributed by atoms with Crippen LogP contribution in [0.3, 0.4) is 0 Å². The summed E-state index contributed by atoms with van der Waals surface area (Å²) in [6.45, 7) is 1.31. The molecule has 3 aliphatic rings. The van der Waals surface area contributed by atoms with Crippen molar-refractivity contribution in [2.24, 2.45) is 5.41 Å². The van der Waals surface area contributed by atoms with Crippen LogP contribution in [-0.2, 0) is 14.3 Å². The molecule has 0 N–H and O–H groups in total. The van der Waals surface area contributed by atoms with E-state index in [1.54, 1.807) is 23.9 Å². The van der Waals surface area contributed by atoms with Crippen molar-refractivity contribution in [1.82, 2.24) is 9.80 Å². The van der Waals surface area contributed by atoms with Crippen molar-refractivity contribution in [1.29, 1.82) is 0 Å². The van der Waals surface area contributed by atoms with Gasteiger partial charge in [-0.3, -0.25) is 9.59 Å². The van der Waals surface area contributed by atoms with Crippen LogP contribution in [0.5, 0.6) is 0 Å². The van der Waals surface area contributed by atoms with Gasteiger partial charge in [0.25, 0.3) is 5.91 Å². The number of rotatable bonds is 2. The maximum Gasteiger partial charge on any atom is 0.260 e. The summed E-state index contributed by atoms with van der Waals surface area (Å²) < 4.78 is 19.7. The molecule has 112 valence electrons. The van der Waals surface area contributed by atoms with Crippen molar-refractivity contribution in [3.05, 3.63) is 0 Å². The van der Waals surface area contributed by atoms with Gasteiger partial charge in [0.1, 0.15) is 0 Å². The lowest BCUT2D eigenvalue weighted by Gasteiger charge is -2.43. The van der Waals surface area contributed by atoms with Gasteiger partial charge in [-0.05, 0) is 25.7 Å². The van der Waals surface area contributed by atoms with Crippen molar-refractivity contribution in [3.63, 3.8) is 0 Å². The second kappa shape index (κ2) is 4.41. The molecule has 3 fully saturated rings. The maximum atomic E-state index is 14.0. The summed E-state index contributed by atoms with van der Waals surface area (Å²) in [6.07, 6.45) is 1.71. The summed E-state index contributed by atoms with van der Waals surface area (Å²) in [4.78, 5) is 27.8. The smallest absolute Gasteiger partial charge is 0.260 e. The summed E-state index contributed by atoms with van der Waals surface area (Å²) in [6, 6.07) is 0. The number of carbonyl (C=O) groups excluding carboxylic acids is 2. The average Bonchev–Trinajstić information content (AvgIpc) is 3.03. The van der Waals surface area contributed by atoms with E-state index in [0.717, 1.165) is 0 Å². The molecule has 2 amide bonds. The van der Waals surface area contributed by atoms with Gasteiger partial charge >= 0.3 is 0 Å². The zero-order valence-electron chi connectivity index (χ0n) is 12.0. The molecule has 0 aromatic rings. The first-order valence-electron chi connectivity index (χ1n) is 7.21. The molecule has 20 heavy (non-hydrogen) atoms. The minimum Gasteiger partial charge on any atom is -0.377 e. The lowest BCUT2D eigenvalue weighted by atomic mass is 9.75. The predicted molar refractivity (Wildman–Crippen MR) is 69.8 cm³/mol. The molecule has 0 aromatic carbocycles. The average molecular weight is 284 g/mol. The Morgan fingerprint density at radius 2 is 2.00 bits per heavy atom. The van der Waals surface area contributed by atoms with Crippen LogP contribution in [0.4, 0.5) is 4.39 Å². The van der Waals surface area contributed by atoms with Gasteiger partial charge in [-0.2, -0.15) is 0 Å². The Morgan fingerprint density at radius 3 is 2.60 bits per heavy atom. The zero-order chi connectivity index (χ0) is 14.5. The highest BCUT2D eigenvalue weighted by Gasteiger charge is 2.58. The molecule has 0 spiro atoms. The van der Waals surface area contributed by atoms with Crippen LogP contribution >= 0.6 is 0 Å². The minimum absolute atomic E-state index is 0.0128. The molecule has 1 aliphatic carbocycles. The third-order valence-corrected chi connectivity index (χ3v) is 4.81. The Morgan fingerprint density at radius 1 is 1.30 bits per heavy atom. The van der Waals surface area contributed by atoms with Crippen molar-refractivity contribution in [2.75, 3.05) is 33.8 Å². The maximum absolute atomic E-state index is 14.0. The zero-order valence-corrected chi connectivity index (χ0v) is 12.0. The van der Waals surface area contributed by atoms with Crippen molar-refractivity contribution in [2.45, 2.75) is 37.5 Å². The van der Waals surface area contributed by atoms with E-state index < -0.39 is 17.0 Å². The van der Waals surface area contributed by atoms with E-state index in [-0.39, 0.29) is 12.0 Å². The molecule has 2 saturated heterocycles. The molecule has 3 rings (SSSR count). The third-order valence-electron chi connectivity index (χ3n) is 4.81. The SMILES string of the molecule is CN(C)C(=O)[C@@]12CCO[C@@H]1CCN(C(=O)C1(F)CC1)C2. The summed E-state index contributed by atoms with van der Waals surface area (Å²) in [5.41, 5.74) is -2.34. The first-order valence-corrected chi connectivity index (χ1v) is 7.21. The number of fused-ring (bicyclic) bond motifs is 1. The second-order valence-corrected chi connectivity index (χ2v) is 6.45. The Labute approximate surface area is 118 Å². The summed E-state index contributed by atoms with van der Waals surface area (Å²) in [5.74, 6) is -0.449. The van der Waals surface area contributed by atoms with E-state index in [1.807, 2.05) is 0 Å². The number of piperidine rings is 1. The van der Waals surface area contributed by atoms with Crippen LogP contribution in [0.15, 0.2) is 0 Å². The van der Waals surface area contributed by atoms with E-state index in [0.29, 0.717) is 45.4 Å². The monoisotopic (exact) mass is 284 g/mol. The predicted octanol–water partition coefficient (Wildman–Crippen LogP) is 0.584. The number of carbonyl (C=O) groups is 2. The fourth-order valence-corrected chi connectivity index (χ4v) is 3.47. The number of hydrogen-bond donors (Lipinski definition) is 0. The molecule has 2 atom stereocenters. The summed E-state index contributed by atoms with van der Waals surface area (Å²) >= 11 is 0. The van der Waals surface area contributed by atoms with E-state index in [4.69, 9.17) is 4.74 Å². The lowest BCUT2D eigenvalue weighted by Crippen LogP contribution is -2.59. The van der Waals surface area contributed by atoms with E-state index in [2.05, 4.69) is 0 Å². The standard InChI is InChI=1S/C14H21FN2O3/c1-16(2)11(18)13-6-8-20-10(13)3-7-17(9-13)12(19)14(15)4-5-14/h10H,3-9H2,1-2H3/t10-,13-/m1/s1. The fraction of sp³-hybridized carbons (Fsp3) is 0.857. The van der Waals surface area contributed by atoms with Gasteiger partial charge in [0.05, 0.1) is 11.5 Å². The number of halogens is 1. The number of hydrogen-bond acceptors (Lipinski definition) is 3. The molecule has 6 heteroatoms. The highest BCUT2D eigenvalue weighted by Crippen LogP contribution is 2.46. The Hall–Kier alpha value is -1.17. The second-order valence-electron chi connectivity index (χ2n) is 6.45. The molecule has 0 unspecified atom stereocenters. The highest BCUT2D eigenvalue weighted by atomic mass is 19.1. The Bertz CT molecular complexity index is 450. The Balaban J connectivity index is 1.83. The van der Waals surface area contributed by atoms with Crippen LogP contribution in [0, 0.1) is 5.41 Å². The quantitative estimate of drug-likeness (QED) is 0.745. The van der Waals surface area contributed by atoms with Crippen molar-refractivity contribution >= 4 is 11.8 Å². The normalized spacial score (nSPS) is 34.5. The lowest BCUT2D eigenvalue weighted by molar-refractivity contribution is -0.155.